The van der Waals surface area contributed by atoms with Crippen LogP contribution in [0.1, 0.15) is 0 Å². The lowest BCUT2D eigenvalue weighted by Gasteiger charge is -2.19. The van der Waals surface area contributed by atoms with Crippen molar-refractivity contribution in [2.75, 3.05) is 0 Å². The molecule has 0 saturated carbocycles. The lowest BCUT2D eigenvalue weighted by atomic mass is 9.86. The molecule has 0 saturated heterocycles. The Morgan fingerprint density at radius 1 is 0.242 bits per heavy atom. The minimum absolute atomic E-state index is 0.707. The minimum atomic E-state index is 0.707. The van der Waals surface area contributed by atoms with Crippen LogP contribution in [0.2, 0.25) is 0 Å². The second kappa shape index (κ2) is 17.5. The van der Waals surface area contributed by atoms with E-state index in [4.69, 9.17) is 0 Å². The Bertz CT molecular complexity index is 3040. The second-order valence-electron chi connectivity index (χ2n) is 14.9. The highest BCUT2D eigenvalue weighted by Gasteiger charge is 2.18. The maximum absolute atomic E-state index is 4.60. The molecule has 0 fully saturated rings. The van der Waals surface area contributed by atoms with E-state index in [0.29, 0.717) is 5.82 Å². The van der Waals surface area contributed by atoms with Crippen LogP contribution >= 0.6 is 31.9 Å². The summed E-state index contributed by atoms with van der Waals surface area (Å²) in [7, 11) is 0. The Balaban J connectivity index is 1.14. The number of pyridine rings is 2. The lowest BCUT2D eigenvalue weighted by Crippen LogP contribution is -1.93. The fraction of sp³-hybridized carbons (Fsp3) is 0. The third kappa shape index (κ3) is 7.94. The summed E-state index contributed by atoms with van der Waals surface area (Å²) in [6.45, 7) is 0. The minimum Gasteiger partial charge on any atom is -0.256 e. The number of benzene rings is 7. The van der Waals surface area contributed by atoms with Crippen LogP contribution in [0.5, 0.6) is 0 Å². The number of nitrogens with zero attached hydrogens (tertiary/aromatic N) is 4. The summed E-state index contributed by atoms with van der Waals surface area (Å²) >= 11 is 7.93. The monoisotopic (exact) mass is 922 g/mol. The first kappa shape index (κ1) is 39.0. The topological polar surface area (TPSA) is 51.6 Å². The maximum Gasteiger partial charge on any atom is 0.159 e. The van der Waals surface area contributed by atoms with Gasteiger partial charge in [0.2, 0.25) is 0 Å². The summed E-state index contributed by atoms with van der Waals surface area (Å²) in [6, 6.07) is 68.4. The third-order valence-electron chi connectivity index (χ3n) is 11.1. The molecule has 0 aliphatic heterocycles. The van der Waals surface area contributed by atoms with Crippen LogP contribution in [-0.4, -0.2) is 19.9 Å². The van der Waals surface area contributed by atoms with Crippen molar-refractivity contribution in [3.05, 3.63) is 228 Å². The molecule has 3 heterocycles. The van der Waals surface area contributed by atoms with E-state index in [9.17, 15) is 0 Å². The van der Waals surface area contributed by atoms with E-state index in [1.54, 1.807) is 12.4 Å². The van der Waals surface area contributed by atoms with Crippen LogP contribution in [-0.2, 0) is 0 Å². The lowest BCUT2D eigenvalue weighted by molar-refractivity contribution is 1.18. The predicted molar refractivity (Wildman–Crippen MR) is 262 cm³/mol. The summed E-state index contributed by atoms with van der Waals surface area (Å²) in [6.07, 6.45) is 7.21. The molecule has 10 aromatic rings. The van der Waals surface area contributed by atoms with Gasteiger partial charge >= 0.3 is 0 Å². The van der Waals surface area contributed by atoms with E-state index in [1.165, 1.54) is 0 Å². The average molecular weight is 925 g/mol. The summed E-state index contributed by atoms with van der Waals surface area (Å²) in [5, 5.41) is 0. The van der Waals surface area contributed by atoms with Crippen molar-refractivity contribution in [3.8, 4) is 101 Å². The van der Waals surface area contributed by atoms with Gasteiger partial charge in [0.1, 0.15) is 0 Å². The molecule has 0 bridgehead atoms. The van der Waals surface area contributed by atoms with Crippen molar-refractivity contribution in [2.45, 2.75) is 0 Å². The second-order valence-corrected chi connectivity index (χ2v) is 16.6. The zero-order valence-corrected chi connectivity index (χ0v) is 36.5. The van der Waals surface area contributed by atoms with Gasteiger partial charge < -0.3 is 0 Å². The Kier molecular flexibility index (Phi) is 11.0. The van der Waals surface area contributed by atoms with E-state index < -0.39 is 0 Å². The molecule has 0 amide bonds. The van der Waals surface area contributed by atoms with Gasteiger partial charge in [0, 0.05) is 50.4 Å². The fourth-order valence-corrected chi connectivity index (χ4v) is 9.30. The maximum atomic E-state index is 4.60. The highest BCUT2D eigenvalue weighted by molar-refractivity contribution is 9.11. The molecule has 0 aliphatic carbocycles. The van der Waals surface area contributed by atoms with E-state index in [2.05, 4.69) is 203 Å². The van der Waals surface area contributed by atoms with Gasteiger partial charge in [-0.1, -0.05) is 165 Å². The summed E-state index contributed by atoms with van der Waals surface area (Å²) in [5.74, 6) is 0.707. The van der Waals surface area contributed by atoms with Gasteiger partial charge in [-0.15, -0.1) is 0 Å². The van der Waals surface area contributed by atoms with Crippen LogP contribution in [0.25, 0.3) is 101 Å². The summed E-state index contributed by atoms with van der Waals surface area (Å²) in [4.78, 5) is 18.2. The van der Waals surface area contributed by atoms with Crippen LogP contribution in [0.3, 0.4) is 0 Å². The third-order valence-corrected chi connectivity index (χ3v) is 12.4. The first-order valence-corrected chi connectivity index (χ1v) is 21.9. The molecule has 0 spiro atoms. The Hall–Kier alpha value is -7.12. The molecular formula is C56H36Br2N4. The van der Waals surface area contributed by atoms with Gasteiger partial charge in [0.15, 0.2) is 5.82 Å². The van der Waals surface area contributed by atoms with E-state index in [-0.39, 0.29) is 0 Å². The standard InChI is InChI=1S/C56H36Br2N4/c57-52-35-39(54-18-7-9-28-59-54)24-26-50(52)48-16-5-3-14-46(48)42-32-41(45-13-2-1-12-44(45)37-20-22-38(23-21-37)56-61-30-11-31-62-56)33-43(34-42)47-15-4-6-17-49(47)51-27-25-40(36-53(51)58)55-19-8-10-29-60-55/h1-36H. The number of rotatable bonds is 9. The number of halogens is 2. The highest BCUT2D eigenvalue weighted by atomic mass is 79.9. The molecule has 0 radical (unpaired) electrons. The van der Waals surface area contributed by atoms with E-state index in [0.717, 1.165) is 104 Å². The highest BCUT2D eigenvalue weighted by Crippen LogP contribution is 2.44. The molecule has 6 heteroatoms. The Morgan fingerprint density at radius 2 is 0.597 bits per heavy atom. The smallest absolute Gasteiger partial charge is 0.159 e. The van der Waals surface area contributed by atoms with Crippen molar-refractivity contribution >= 4 is 31.9 Å². The number of hydrogen-bond donors (Lipinski definition) is 0. The quantitative estimate of drug-likeness (QED) is 0.145. The molecule has 3 aromatic heterocycles. The van der Waals surface area contributed by atoms with Crippen molar-refractivity contribution in [1.82, 2.24) is 19.9 Å². The Labute approximate surface area is 378 Å². The van der Waals surface area contributed by atoms with E-state index >= 15 is 0 Å². The Morgan fingerprint density at radius 3 is 1.02 bits per heavy atom. The average Bonchev–Trinajstić information content (AvgIpc) is 3.35. The summed E-state index contributed by atoms with van der Waals surface area (Å²) < 4.78 is 2.01. The normalized spacial score (nSPS) is 11.1. The number of hydrogen-bond acceptors (Lipinski definition) is 4. The molecule has 7 aromatic carbocycles. The van der Waals surface area contributed by atoms with Crippen molar-refractivity contribution in [2.24, 2.45) is 0 Å². The van der Waals surface area contributed by atoms with Crippen LogP contribution in [0.15, 0.2) is 228 Å². The van der Waals surface area contributed by atoms with Gasteiger partial charge in [-0.05, 0) is 127 Å². The molecule has 62 heavy (non-hydrogen) atoms. The van der Waals surface area contributed by atoms with Crippen LogP contribution in [0.4, 0.5) is 0 Å². The number of aromatic nitrogens is 4. The van der Waals surface area contributed by atoms with Crippen LogP contribution < -0.4 is 0 Å². The first-order valence-electron chi connectivity index (χ1n) is 20.3. The molecule has 294 valence electrons. The summed E-state index contributed by atoms with van der Waals surface area (Å²) in [5.41, 5.74) is 18.4. The molecular weight excluding hydrogens is 888 g/mol. The molecule has 0 unspecified atom stereocenters. The predicted octanol–water partition coefficient (Wildman–Crippen LogP) is 15.8. The molecule has 10 rings (SSSR count). The van der Waals surface area contributed by atoms with Crippen molar-refractivity contribution < 1.29 is 0 Å². The van der Waals surface area contributed by atoms with E-state index in [1.807, 2.05) is 54.9 Å². The van der Waals surface area contributed by atoms with Gasteiger partial charge in [0.25, 0.3) is 0 Å². The zero-order chi connectivity index (χ0) is 41.8. The largest absolute Gasteiger partial charge is 0.256 e. The molecule has 4 nitrogen and oxygen atoms in total. The van der Waals surface area contributed by atoms with Gasteiger partial charge in [0.05, 0.1) is 11.4 Å². The first-order chi connectivity index (χ1) is 30.6. The molecule has 0 aliphatic rings. The van der Waals surface area contributed by atoms with Crippen molar-refractivity contribution in [1.29, 1.82) is 0 Å². The van der Waals surface area contributed by atoms with Gasteiger partial charge in [-0.25, -0.2) is 9.97 Å². The van der Waals surface area contributed by atoms with Crippen molar-refractivity contribution in [3.63, 3.8) is 0 Å². The molecule has 0 atom stereocenters. The van der Waals surface area contributed by atoms with Gasteiger partial charge in [-0.2, -0.15) is 0 Å². The van der Waals surface area contributed by atoms with Crippen LogP contribution in [0, 0.1) is 0 Å². The molecule has 0 N–H and O–H groups in total. The SMILES string of the molecule is Brc1cc(-c2ccccn2)ccc1-c1ccccc1-c1cc(-c2ccccc2-c2ccc(-c3ncccn3)cc2)cc(-c2ccccc2-c2ccc(-c3ccccn3)cc2Br)c1. The fourth-order valence-electron chi connectivity index (χ4n) is 8.12. The zero-order valence-electron chi connectivity index (χ0n) is 33.3. The van der Waals surface area contributed by atoms with Gasteiger partial charge in [-0.3, -0.25) is 9.97 Å².